The summed E-state index contributed by atoms with van der Waals surface area (Å²) in [7, 11) is 2.11. The third-order valence-corrected chi connectivity index (χ3v) is 3.89. The van der Waals surface area contributed by atoms with Crippen molar-refractivity contribution < 1.29 is 0 Å². The highest BCUT2D eigenvalue weighted by atomic mass is 32.2. The molecule has 0 amide bonds. The molecule has 0 fully saturated rings. The van der Waals surface area contributed by atoms with Crippen molar-refractivity contribution in [3.63, 3.8) is 0 Å². The second-order valence-electron chi connectivity index (χ2n) is 4.06. The molecule has 0 radical (unpaired) electrons. The van der Waals surface area contributed by atoms with E-state index in [4.69, 9.17) is 0 Å². The molecular weight excluding hydrogens is 238 g/mol. The van der Waals surface area contributed by atoms with Gasteiger partial charge in [0.05, 0.1) is 0 Å². The number of nitrogens with zero attached hydrogens (tertiary/aromatic N) is 2. The van der Waals surface area contributed by atoms with Crippen molar-refractivity contribution >= 4 is 28.2 Å². The second kappa shape index (κ2) is 7.14. The van der Waals surface area contributed by atoms with Crippen LogP contribution in [0, 0.1) is 0 Å². The van der Waals surface area contributed by atoms with Gasteiger partial charge in [0.1, 0.15) is 0 Å². The molecule has 92 valence electrons. The first kappa shape index (κ1) is 13.8. The third-order valence-electron chi connectivity index (χ3n) is 2.18. The normalized spacial score (nSPS) is 11.1. The van der Waals surface area contributed by atoms with Crippen LogP contribution in [0.1, 0.15) is 18.7 Å². The molecule has 0 aliphatic rings. The Morgan fingerprint density at radius 3 is 2.94 bits per heavy atom. The Kier molecular flexibility index (Phi) is 6.16. The molecule has 3 nitrogen and oxygen atoms in total. The first-order chi connectivity index (χ1) is 7.63. The van der Waals surface area contributed by atoms with Crippen LogP contribution in [0.5, 0.6) is 0 Å². The van der Waals surface area contributed by atoms with Gasteiger partial charge in [-0.15, -0.1) is 11.3 Å². The Morgan fingerprint density at radius 1 is 1.56 bits per heavy atom. The number of rotatable bonds is 7. The van der Waals surface area contributed by atoms with Crippen LogP contribution in [0.2, 0.25) is 0 Å². The van der Waals surface area contributed by atoms with Gasteiger partial charge in [-0.2, -0.15) is 11.8 Å². The maximum Gasteiger partial charge on any atom is 0.185 e. The van der Waals surface area contributed by atoms with Gasteiger partial charge in [0.2, 0.25) is 0 Å². The van der Waals surface area contributed by atoms with Gasteiger partial charge in [-0.3, -0.25) is 0 Å². The van der Waals surface area contributed by atoms with E-state index >= 15 is 0 Å². The van der Waals surface area contributed by atoms with Crippen molar-refractivity contribution in [3.05, 3.63) is 11.1 Å². The number of nitrogens with one attached hydrogen (secondary N) is 1. The van der Waals surface area contributed by atoms with Gasteiger partial charge in [0.15, 0.2) is 5.13 Å². The third kappa shape index (κ3) is 4.72. The average molecular weight is 259 g/mol. The maximum absolute atomic E-state index is 4.44. The Hall–Kier alpha value is -0.260. The number of thioether (sulfide) groups is 1. The summed E-state index contributed by atoms with van der Waals surface area (Å²) in [6.07, 6.45) is 4.11. The van der Waals surface area contributed by atoms with Gasteiger partial charge in [0, 0.05) is 43.0 Å². The Labute approximate surface area is 107 Å². The van der Waals surface area contributed by atoms with Crippen LogP contribution in [-0.4, -0.2) is 36.6 Å². The molecule has 0 atom stereocenters. The minimum absolute atomic E-state index is 0.528. The predicted octanol–water partition coefficient (Wildman–Crippen LogP) is 2.44. The molecule has 0 aliphatic carbocycles. The fourth-order valence-electron chi connectivity index (χ4n) is 1.18. The number of thiazole rings is 1. The zero-order valence-corrected chi connectivity index (χ0v) is 12.1. The molecule has 0 saturated carbocycles. The molecular formula is C11H21N3S2. The first-order valence-electron chi connectivity index (χ1n) is 5.51. The van der Waals surface area contributed by atoms with Crippen molar-refractivity contribution in [2.75, 3.05) is 30.5 Å². The summed E-state index contributed by atoms with van der Waals surface area (Å²) in [5.41, 5.74) is 0. The van der Waals surface area contributed by atoms with E-state index in [-0.39, 0.29) is 0 Å². The molecule has 0 bridgehead atoms. The quantitative estimate of drug-likeness (QED) is 0.814. The zero-order valence-electron chi connectivity index (χ0n) is 10.5. The zero-order chi connectivity index (χ0) is 12.0. The lowest BCUT2D eigenvalue weighted by atomic mass is 10.4. The van der Waals surface area contributed by atoms with Gasteiger partial charge in [0.25, 0.3) is 0 Å². The van der Waals surface area contributed by atoms with Crippen LogP contribution in [0.3, 0.4) is 0 Å². The molecule has 0 aliphatic heterocycles. The molecule has 1 aromatic rings. The highest BCUT2D eigenvalue weighted by Gasteiger charge is 2.06. The van der Waals surface area contributed by atoms with Gasteiger partial charge in [-0.25, -0.2) is 4.98 Å². The standard InChI is InChI=1S/C11H21N3S2/c1-9(2)12-7-10-8-13-11(16-10)14(3)5-6-15-4/h8-9,12H,5-7H2,1-4H3. The maximum atomic E-state index is 4.44. The number of hydrogen-bond donors (Lipinski definition) is 1. The lowest BCUT2D eigenvalue weighted by Gasteiger charge is -2.14. The summed E-state index contributed by atoms with van der Waals surface area (Å²) in [4.78, 5) is 7.97. The fourth-order valence-corrected chi connectivity index (χ4v) is 2.49. The Bertz CT molecular complexity index is 299. The molecule has 5 heteroatoms. The minimum Gasteiger partial charge on any atom is -0.350 e. The van der Waals surface area contributed by atoms with Crippen molar-refractivity contribution in [1.82, 2.24) is 10.3 Å². The van der Waals surface area contributed by atoms with E-state index in [9.17, 15) is 0 Å². The Balaban J connectivity index is 2.43. The van der Waals surface area contributed by atoms with E-state index in [0.29, 0.717) is 6.04 Å². The van der Waals surface area contributed by atoms with Crippen molar-refractivity contribution in [3.8, 4) is 0 Å². The van der Waals surface area contributed by atoms with E-state index < -0.39 is 0 Å². The molecule has 0 unspecified atom stereocenters. The van der Waals surface area contributed by atoms with Crippen LogP contribution in [-0.2, 0) is 6.54 Å². The molecule has 0 aromatic carbocycles. The van der Waals surface area contributed by atoms with E-state index in [1.165, 1.54) is 4.88 Å². The molecule has 1 aromatic heterocycles. The fraction of sp³-hybridized carbons (Fsp3) is 0.727. The van der Waals surface area contributed by atoms with E-state index in [0.717, 1.165) is 24.0 Å². The van der Waals surface area contributed by atoms with Crippen LogP contribution in [0.4, 0.5) is 5.13 Å². The summed E-state index contributed by atoms with van der Waals surface area (Å²) in [5.74, 6) is 1.15. The van der Waals surface area contributed by atoms with Crippen LogP contribution in [0.15, 0.2) is 6.20 Å². The minimum atomic E-state index is 0.528. The molecule has 0 spiro atoms. The smallest absolute Gasteiger partial charge is 0.185 e. The van der Waals surface area contributed by atoms with E-state index in [1.54, 1.807) is 11.3 Å². The van der Waals surface area contributed by atoms with Gasteiger partial charge < -0.3 is 10.2 Å². The van der Waals surface area contributed by atoms with Crippen LogP contribution >= 0.6 is 23.1 Å². The first-order valence-corrected chi connectivity index (χ1v) is 7.72. The highest BCUT2D eigenvalue weighted by molar-refractivity contribution is 7.98. The Morgan fingerprint density at radius 2 is 2.31 bits per heavy atom. The second-order valence-corrected chi connectivity index (χ2v) is 6.14. The lowest BCUT2D eigenvalue weighted by molar-refractivity contribution is 0.593. The van der Waals surface area contributed by atoms with E-state index in [2.05, 4.69) is 42.4 Å². The van der Waals surface area contributed by atoms with Gasteiger partial charge >= 0.3 is 0 Å². The summed E-state index contributed by atoms with van der Waals surface area (Å²) in [6, 6.07) is 0.528. The van der Waals surface area contributed by atoms with Crippen molar-refractivity contribution in [2.24, 2.45) is 0 Å². The highest BCUT2D eigenvalue weighted by Crippen LogP contribution is 2.21. The summed E-state index contributed by atoms with van der Waals surface area (Å²) < 4.78 is 0. The van der Waals surface area contributed by atoms with E-state index in [1.807, 2.05) is 18.0 Å². The largest absolute Gasteiger partial charge is 0.350 e. The SMILES string of the molecule is CSCCN(C)c1ncc(CNC(C)C)s1. The molecule has 1 N–H and O–H groups in total. The molecule has 0 saturated heterocycles. The van der Waals surface area contributed by atoms with Crippen LogP contribution < -0.4 is 10.2 Å². The van der Waals surface area contributed by atoms with Gasteiger partial charge in [-0.05, 0) is 6.26 Å². The monoisotopic (exact) mass is 259 g/mol. The average Bonchev–Trinajstić information content (AvgIpc) is 2.71. The molecule has 1 heterocycles. The predicted molar refractivity (Wildman–Crippen MR) is 75.7 cm³/mol. The topological polar surface area (TPSA) is 28.2 Å². The van der Waals surface area contributed by atoms with Crippen molar-refractivity contribution in [1.29, 1.82) is 0 Å². The molecule has 1 rings (SSSR count). The summed E-state index contributed by atoms with van der Waals surface area (Å²) >= 11 is 3.64. The lowest BCUT2D eigenvalue weighted by Crippen LogP contribution is -2.21. The van der Waals surface area contributed by atoms with Crippen molar-refractivity contribution in [2.45, 2.75) is 26.4 Å². The summed E-state index contributed by atoms with van der Waals surface area (Å²) in [6.45, 7) is 6.30. The number of hydrogen-bond acceptors (Lipinski definition) is 5. The molecule has 16 heavy (non-hydrogen) atoms. The summed E-state index contributed by atoms with van der Waals surface area (Å²) in [5, 5.41) is 4.52. The van der Waals surface area contributed by atoms with Gasteiger partial charge in [-0.1, -0.05) is 13.8 Å². The number of aromatic nitrogens is 1. The number of anilines is 1. The van der Waals surface area contributed by atoms with Crippen LogP contribution in [0.25, 0.3) is 0 Å².